The van der Waals surface area contributed by atoms with E-state index in [1.54, 1.807) is 12.1 Å². The number of benzene rings is 2. The number of hydrogen-bond acceptors (Lipinski definition) is 7. The van der Waals surface area contributed by atoms with Crippen LogP contribution < -0.4 is 19.5 Å². The third-order valence-electron chi connectivity index (χ3n) is 4.79. The van der Waals surface area contributed by atoms with Gasteiger partial charge in [0.15, 0.2) is 11.5 Å². The van der Waals surface area contributed by atoms with Crippen molar-refractivity contribution >= 4 is 11.9 Å². The topological polar surface area (TPSA) is 95.7 Å². The molecular formula is C24H29N3O5. The molecular weight excluding hydrogens is 410 g/mol. The summed E-state index contributed by atoms with van der Waals surface area (Å²) in [6, 6.07) is 9.41. The predicted molar refractivity (Wildman–Crippen MR) is 121 cm³/mol. The van der Waals surface area contributed by atoms with Gasteiger partial charge in [-0.2, -0.15) is 0 Å². The van der Waals surface area contributed by atoms with Crippen LogP contribution in [0.15, 0.2) is 34.7 Å². The van der Waals surface area contributed by atoms with E-state index in [9.17, 15) is 4.79 Å². The first-order chi connectivity index (χ1) is 15.4. The monoisotopic (exact) mass is 439 g/mol. The molecule has 3 aromatic rings. The van der Waals surface area contributed by atoms with Gasteiger partial charge in [-0.05, 0) is 63.4 Å². The minimum absolute atomic E-state index is 0.0265. The Bertz CT molecular complexity index is 1050. The Hall–Kier alpha value is -3.55. The van der Waals surface area contributed by atoms with Crippen LogP contribution in [0.4, 0.5) is 6.01 Å². The van der Waals surface area contributed by atoms with Gasteiger partial charge in [0.2, 0.25) is 11.6 Å². The molecule has 8 heteroatoms. The fraction of sp³-hybridized carbons (Fsp3) is 0.375. The summed E-state index contributed by atoms with van der Waals surface area (Å²) in [5.74, 6) is 1.34. The molecule has 1 amide bonds. The van der Waals surface area contributed by atoms with Crippen molar-refractivity contribution in [3.8, 4) is 17.2 Å². The molecule has 8 nitrogen and oxygen atoms in total. The lowest BCUT2D eigenvalue weighted by molar-refractivity contribution is 0.102. The molecule has 32 heavy (non-hydrogen) atoms. The molecule has 170 valence electrons. The fourth-order valence-electron chi connectivity index (χ4n) is 3.15. The van der Waals surface area contributed by atoms with E-state index in [4.69, 9.17) is 18.6 Å². The van der Waals surface area contributed by atoms with Crippen molar-refractivity contribution in [1.29, 1.82) is 0 Å². The number of nitrogens with zero attached hydrogens (tertiary/aromatic N) is 2. The molecule has 3 rings (SSSR count). The van der Waals surface area contributed by atoms with Crippen molar-refractivity contribution < 1.29 is 23.4 Å². The first-order valence-corrected chi connectivity index (χ1v) is 10.7. The first kappa shape index (κ1) is 23.1. The van der Waals surface area contributed by atoms with Crippen LogP contribution in [0.25, 0.3) is 0 Å². The van der Waals surface area contributed by atoms with E-state index >= 15 is 0 Å². The van der Waals surface area contributed by atoms with Crippen molar-refractivity contribution in [1.82, 2.24) is 10.2 Å². The van der Waals surface area contributed by atoms with Gasteiger partial charge < -0.3 is 18.6 Å². The Morgan fingerprint density at radius 2 is 1.56 bits per heavy atom. The van der Waals surface area contributed by atoms with E-state index in [0.29, 0.717) is 54.9 Å². The van der Waals surface area contributed by atoms with Crippen molar-refractivity contribution in [3.63, 3.8) is 0 Å². The Kier molecular flexibility index (Phi) is 7.70. The zero-order valence-corrected chi connectivity index (χ0v) is 19.2. The van der Waals surface area contributed by atoms with E-state index in [1.807, 2.05) is 26.8 Å². The van der Waals surface area contributed by atoms with Crippen molar-refractivity contribution in [2.24, 2.45) is 0 Å². The average molecular weight is 440 g/mol. The number of amides is 1. The highest BCUT2D eigenvalue weighted by Crippen LogP contribution is 2.39. The number of carbonyl (C=O) groups is 1. The molecule has 0 saturated carbocycles. The van der Waals surface area contributed by atoms with Gasteiger partial charge in [-0.3, -0.25) is 10.1 Å². The molecule has 0 unspecified atom stereocenters. The lowest BCUT2D eigenvalue weighted by atomic mass is 10.0. The average Bonchev–Trinajstić information content (AvgIpc) is 3.19. The number of rotatable bonds is 10. The minimum atomic E-state index is -0.420. The molecule has 0 spiro atoms. The summed E-state index contributed by atoms with van der Waals surface area (Å²) >= 11 is 0. The zero-order chi connectivity index (χ0) is 23.1. The minimum Gasteiger partial charge on any atom is -0.490 e. The van der Waals surface area contributed by atoms with Crippen LogP contribution in [-0.2, 0) is 6.42 Å². The second-order valence-electron chi connectivity index (χ2n) is 7.15. The highest BCUT2D eigenvalue weighted by Gasteiger charge is 2.20. The van der Waals surface area contributed by atoms with Crippen LogP contribution in [0.1, 0.15) is 53.7 Å². The molecule has 0 fully saturated rings. The maximum absolute atomic E-state index is 12.9. The lowest BCUT2D eigenvalue weighted by Gasteiger charge is -2.16. The van der Waals surface area contributed by atoms with E-state index in [0.717, 1.165) is 5.56 Å². The summed E-state index contributed by atoms with van der Waals surface area (Å²) in [6.07, 6.45) is 0.482. The third-order valence-corrected chi connectivity index (χ3v) is 4.79. The molecule has 1 aromatic heterocycles. The third kappa shape index (κ3) is 5.57. The highest BCUT2D eigenvalue weighted by atomic mass is 16.5. The van der Waals surface area contributed by atoms with Crippen molar-refractivity contribution in [3.05, 3.63) is 58.5 Å². The lowest BCUT2D eigenvalue weighted by Crippen LogP contribution is -2.13. The van der Waals surface area contributed by atoms with Crippen LogP contribution in [0.2, 0.25) is 0 Å². The smallest absolute Gasteiger partial charge is 0.322 e. The Balaban J connectivity index is 1.78. The summed E-state index contributed by atoms with van der Waals surface area (Å²) in [5.41, 5.74) is 3.81. The van der Waals surface area contributed by atoms with Gasteiger partial charge in [-0.25, -0.2) is 0 Å². The standard InChI is InChI=1S/C24H29N3O5/c1-6-29-19-13-18(14-20(30-7-2)22(19)31-8-3)23(28)25-24-27-26-21(32-24)12-17-10-9-15(4)16(5)11-17/h9-11,13-14H,6-8,12H2,1-5H3,(H,25,27,28). The first-order valence-electron chi connectivity index (χ1n) is 10.7. The Morgan fingerprint density at radius 1 is 0.906 bits per heavy atom. The van der Waals surface area contributed by atoms with E-state index in [2.05, 4.69) is 41.5 Å². The normalized spacial score (nSPS) is 10.7. The zero-order valence-electron chi connectivity index (χ0n) is 19.2. The number of ether oxygens (including phenoxy) is 3. The van der Waals surface area contributed by atoms with Crippen LogP contribution >= 0.6 is 0 Å². The summed E-state index contributed by atoms with van der Waals surface area (Å²) in [4.78, 5) is 12.9. The maximum Gasteiger partial charge on any atom is 0.322 e. The van der Waals surface area contributed by atoms with Crippen molar-refractivity contribution in [2.45, 2.75) is 41.0 Å². The molecule has 1 heterocycles. The van der Waals surface area contributed by atoms with Crippen LogP contribution in [-0.4, -0.2) is 35.9 Å². The van der Waals surface area contributed by atoms with Crippen LogP contribution in [0.3, 0.4) is 0 Å². The number of carbonyl (C=O) groups excluding carboxylic acids is 1. The molecule has 0 aliphatic rings. The number of hydrogen-bond donors (Lipinski definition) is 1. The molecule has 1 N–H and O–H groups in total. The fourth-order valence-corrected chi connectivity index (χ4v) is 3.15. The van der Waals surface area contributed by atoms with Gasteiger partial charge in [0.1, 0.15) is 0 Å². The molecule has 0 aliphatic carbocycles. The molecule has 0 saturated heterocycles. The SMILES string of the molecule is CCOc1cc(C(=O)Nc2nnc(Cc3ccc(C)c(C)c3)o2)cc(OCC)c1OCC. The van der Waals surface area contributed by atoms with Gasteiger partial charge in [0.05, 0.1) is 26.2 Å². The van der Waals surface area contributed by atoms with E-state index in [-0.39, 0.29) is 6.01 Å². The van der Waals surface area contributed by atoms with Gasteiger partial charge in [0, 0.05) is 5.56 Å². The van der Waals surface area contributed by atoms with Crippen molar-refractivity contribution in [2.75, 3.05) is 25.1 Å². The molecule has 0 radical (unpaired) electrons. The summed E-state index contributed by atoms with van der Waals surface area (Å²) in [7, 11) is 0. The second kappa shape index (κ2) is 10.7. The quantitative estimate of drug-likeness (QED) is 0.488. The van der Waals surface area contributed by atoms with Gasteiger partial charge >= 0.3 is 6.01 Å². The molecule has 2 aromatic carbocycles. The summed E-state index contributed by atoms with van der Waals surface area (Å²) in [5, 5.41) is 10.6. The summed E-state index contributed by atoms with van der Waals surface area (Å²) in [6.45, 7) is 11.0. The number of anilines is 1. The number of nitrogens with one attached hydrogen (secondary N) is 1. The number of aromatic nitrogens is 2. The molecule has 0 aliphatic heterocycles. The van der Waals surface area contributed by atoms with E-state index in [1.165, 1.54) is 11.1 Å². The highest BCUT2D eigenvalue weighted by molar-refractivity contribution is 6.04. The largest absolute Gasteiger partial charge is 0.490 e. The molecule has 0 atom stereocenters. The van der Waals surface area contributed by atoms with Gasteiger partial charge in [-0.1, -0.05) is 23.3 Å². The molecule has 0 bridgehead atoms. The van der Waals surface area contributed by atoms with Gasteiger partial charge in [0.25, 0.3) is 5.91 Å². The van der Waals surface area contributed by atoms with Gasteiger partial charge in [-0.15, -0.1) is 5.10 Å². The predicted octanol–water partition coefficient (Wildman–Crippen LogP) is 4.73. The second-order valence-corrected chi connectivity index (χ2v) is 7.15. The van der Waals surface area contributed by atoms with Crippen LogP contribution in [0, 0.1) is 13.8 Å². The Morgan fingerprint density at radius 3 is 2.16 bits per heavy atom. The van der Waals surface area contributed by atoms with Crippen LogP contribution in [0.5, 0.6) is 17.2 Å². The maximum atomic E-state index is 12.9. The Labute approximate surface area is 187 Å². The number of aryl methyl sites for hydroxylation is 2. The summed E-state index contributed by atoms with van der Waals surface area (Å²) < 4.78 is 22.6. The van der Waals surface area contributed by atoms with E-state index < -0.39 is 5.91 Å².